The van der Waals surface area contributed by atoms with Crippen LogP contribution in [0, 0.1) is 0 Å². The molecule has 1 aromatic carbocycles. The Morgan fingerprint density at radius 1 is 0.966 bits per heavy atom. The van der Waals surface area contributed by atoms with E-state index in [0.717, 1.165) is 5.56 Å². The molecule has 3 aromatic rings. The molecule has 0 aliphatic carbocycles. The Bertz CT molecular complexity index is 993. The Hall–Kier alpha value is -3.54. The molecule has 0 aliphatic rings. The zero-order valence-corrected chi connectivity index (χ0v) is 16.8. The van der Waals surface area contributed by atoms with Crippen molar-refractivity contribution in [3.63, 3.8) is 0 Å². The predicted octanol–water partition coefficient (Wildman–Crippen LogP) is 3.96. The van der Waals surface area contributed by atoms with Gasteiger partial charge in [0.2, 0.25) is 0 Å². The van der Waals surface area contributed by atoms with Gasteiger partial charge in [0.15, 0.2) is 0 Å². The van der Waals surface area contributed by atoms with Crippen molar-refractivity contribution in [1.29, 1.82) is 0 Å². The Morgan fingerprint density at radius 2 is 1.72 bits per heavy atom. The third-order valence-corrected chi connectivity index (χ3v) is 4.44. The van der Waals surface area contributed by atoms with Crippen molar-refractivity contribution in [2.24, 2.45) is 0 Å². The number of pyridine rings is 2. The van der Waals surface area contributed by atoms with E-state index in [1.165, 1.54) is 17.8 Å². The number of nitrogens with zero attached hydrogens (tertiary/aromatic N) is 2. The molecule has 0 aliphatic heterocycles. The van der Waals surface area contributed by atoms with Crippen molar-refractivity contribution >= 4 is 17.5 Å². The van der Waals surface area contributed by atoms with Gasteiger partial charge in [-0.1, -0.05) is 39.0 Å². The van der Waals surface area contributed by atoms with Gasteiger partial charge < -0.3 is 10.6 Å². The van der Waals surface area contributed by atoms with Gasteiger partial charge in [0, 0.05) is 36.4 Å². The van der Waals surface area contributed by atoms with Crippen LogP contribution in [-0.2, 0) is 12.0 Å². The van der Waals surface area contributed by atoms with E-state index < -0.39 is 0 Å². The number of rotatable bonds is 5. The summed E-state index contributed by atoms with van der Waals surface area (Å²) in [5.41, 5.74) is 3.35. The van der Waals surface area contributed by atoms with Crippen LogP contribution in [0.3, 0.4) is 0 Å². The van der Waals surface area contributed by atoms with E-state index in [1.54, 1.807) is 18.5 Å². The summed E-state index contributed by atoms with van der Waals surface area (Å²) in [7, 11) is 0. The topological polar surface area (TPSA) is 84.0 Å². The third-order valence-electron chi connectivity index (χ3n) is 4.44. The second-order valence-electron chi connectivity index (χ2n) is 7.76. The van der Waals surface area contributed by atoms with Gasteiger partial charge in [0.1, 0.15) is 5.69 Å². The molecule has 6 nitrogen and oxygen atoms in total. The number of carbonyl (C=O) groups is 2. The summed E-state index contributed by atoms with van der Waals surface area (Å²) in [6.07, 6.45) is 4.82. The van der Waals surface area contributed by atoms with Crippen LogP contribution in [0.5, 0.6) is 0 Å². The molecule has 3 rings (SSSR count). The number of carbonyl (C=O) groups excluding carboxylic acids is 2. The number of nitrogens with one attached hydrogen (secondary N) is 2. The molecule has 0 radical (unpaired) electrons. The van der Waals surface area contributed by atoms with Gasteiger partial charge in [-0.05, 0) is 46.9 Å². The number of aromatic nitrogens is 2. The first-order valence-electron chi connectivity index (χ1n) is 9.38. The lowest BCUT2D eigenvalue weighted by Crippen LogP contribution is -2.23. The minimum Gasteiger partial charge on any atom is -0.348 e. The van der Waals surface area contributed by atoms with Crippen LogP contribution in [0.15, 0.2) is 67.1 Å². The zero-order chi connectivity index (χ0) is 20.9. The Balaban J connectivity index is 1.65. The molecule has 0 saturated heterocycles. The molecule has 6 heteroatoms. The molecular weight excluding hydrogens is 364 g/mol. The fraction of sp³-hybridized carbons (Fsp3) is 0.217. The molecule has 2 amide bonds. The molecular formula is C23H24N4O2. The van der Waals surface area contributed by atoms with Crippen LogP contribution >= 0.6 is 0 Å². The lowest BCUT2D eigenvalue weighted by atomic mass is 9.87. The summed E-state index contributed by atoms with van der Waals surface area (Å²) in [6, 6.07) is 14.5. The zero-order valence-electron chi connectivity index (χ0n) is 16.8. The minimum absolute atomic E-state index is 0.0433. The van der Waals surface area contributed by atoms with Gasteiger partial charge in [-0.2, -0.15) is 0 Å². The number of anilines is 1. The second kappa shape index (κ2) is 8.65. The second-order valence-corrected chi connectivity index (χ2v) is 7.76. The van der Waals surface area contributed by atoms with E-state index in [0.29, 0.717) is 17.8 Å². The number of amides is 2. The van der Waals surface area contributed by atoms with E-state index in [4.69, 9.17) is 0 Å². The highest BCUT2D eigenvalue weighted by molar-refractivity contribution is 6.04. The maximum atomic E-state index is 12.5. The van der Waals surface area contributed by atoms with E-state index in [1.807, 2.05) is 36.4 Å². The van der Waals surface area contributed by atoms with Crippen LogP contribution in [0.1, 0.15) is 52.7 Å². The van der Waals surface area contributed by atoms with Gasteiger partial charge in [0.05, 0.1) is 0 Å². The summed E-state index contributed by atoms with van der Waals surface area (Å²) in [6.45, 7) is 6.76. The summed E-state index contributed by atoms with van der Waals surface area (Å²) in [5.74, 6) is -0.643. The molecule has 0 fully saturated rings. The first-order valence-corrected chi connectivity index (χ1v) is 9.38. The van der Waals surface area contributed by atoms with Crippen molar-refractivity contribution in [1.82, 2.24) is 15.3 Å². The quantitative estimate of drug-likeness (QED) is 0.693. The molecule has 148 valence electrons. The van der Waals surface area contributed by atoms with Crippen LogP contribution in [-0.4, -0.2) is 21.8 Å². The average molecular weight is 388 g/mol. The van der Waals surface area contributed by atoms with Crippen LogP contribution in [0.25, 0.3) is 0 Å². The van der Waals surface area contributed by atoms with Gasteiger partial charge in [0.25, 0.3) is 11.8 Å². The number of hydrogen-bond acceptors (Lipinski definition) is 4. The molecule has 0 bridgehead atoms. The van der Waals surface area contributed by atoms with E-state index in [-0.39, 0.29) is 22.9 Å². The van der Waals surface area contributed by atoms with E-state index >= 15 is 0 Å². The van der Waals surface area contributed by atoms with E-state index in [9.17, 15) is 9.59 Å². The largest absolute Gasteiger partial charge is 0.348 e. The summed E-state index contributed by atoms with van der Waals surface area (Å²) >= 11 is 0. The van der Waals surface area contributed by atoms with Gasteiger partial charge in [-0.25, -0.2) is 0 Å². The summed E-state index contributed by atoms with van der Waals surface area (Å²) in [5, 5.41) is 5.63. The predicted molar refractivity (Wildman–Crippen MR) is 113 cm³/mol. The molecule has 2 N–H and O–H groups in total. The lowest BCUT2D eigenvalue weighted by molar-refractivity contribution is 0.0950. The lowest BCUT2D eigenvalue weighted by Gasteiger charge is -2.19. The van der Waals surface area contributed by atoms with Crippen LogP contribution in [0.4, 0.5) is 5.69 Å². The van der Waals surface area contributed by atoms with Crippen molar-refractivity contribution < 1.29 is 9.59 Å². The first kappa shape index (κ1) is 20.2. The van der Waals surface area contributed by atoms with Crippen LogP contribution < -0.4 is 10.6 Å². The normalized spacial score (nSPS) is 11.0. The molecule has 2 aromatic heterocycles. The SMILES string of the molecule is CC(C)(C)c1ccc(NC(=O)c2cc(C(=O)NCc3cccnc3)ccn2)cc1. The van der Waals surface area contributed by atoms with Crippen LogP contribution in [0.2, 0.25) is 0 Å². The molecule has 0 spiro atoms. The first-order chi connectivity index (χ1) is 13.8. The van der Waals surface area contributed by atoms with E-state index in [2.05, 4.69) is 41.4 Å². The van der Waals surface area contributed by atoms with Crippen molar-refractivity contribution in [3.8, 4) is 0 Å². The Kier molecular flexibility index (Phi) is 6.02. The maximum Gasteiger partial charge on any atom is 0.274 e. The third kappa shape index (κ3) is 5.48. The number of benzene rings is 1. The van der Waals surface area contributed by atoms with Gasteiger partial charge >= 0.3 is 0 Å². The molecule has 0 unspecified atom stereocenters. The summed E-state index contributed by atoms with van der Waals surface area (Å²) in [4.78, 5) is 33.0. The molecule has 0 atom stereocenters. The average Bonchev–Trinajstić information content (AvgIpc) is 2.72. The smallest absolute Gasteiger partial charge is 0.274 e. The van der Waals surface area contributed by atoms with Crippen molar-refractivity contribution in [3.05, 3.63) is 89.5 Å². The van der Waals surface area contributed by atoms with Crippen molar-refractivity contribution in [2.75, 3.05) is 5.32 Å². The van der Waals surface area contributed by atoms with Gasteiger partial charge in [-0.15, -0.1) is 0 Å². The standard InChI is InChI=1S/C23H24N4O2/c1-23(2,3)18-6-8-19(9-7-18)27-22(29)20-13-17(10-12-25-20)21(28)26-15-16-5-4-11-24-14-16/h4-14H,15H2,1-3H3,(H,26,28)(H,27,29). The van der Waals surface area contributed by atoms with Gasteiger partial charge in [-0.3, -0.25) is 19.6 Å². The highest BCUT2D eigenvalue weighted by atomic mass is 16.2. The summed E-state index contributed by atoms with van der Waals surface area (Å²) < 4.78 is 0. The molecule has 29 heavy (non-hydrogen) atoms. The molecule has 2 heterocycles. The Morgan fingerprint density at radius 3 is 2.38 bits per heavy atom. The van der Waals surface area contributed by atoms with Crippen molar-refractivity contribution in [2.45, 2.75) is 32.7 Å². The monoisotopic (exact) mass is 388 g/mol. The minimum atomic E-state index is -0.365. The highest BCUT2D eigenvalue weighted by Gasteiger charge is 2.15. The maximum absolute atomic E-state index is 12.5. The fourth-order valence-corrected chi connectivity index (χ4v) is 2.73. The fourth-order valence-electron chi connectivity index (χ4n) is 2.73. The highest BCUT2D eigenvalue weighted by Crippen LogP contribution is 2.23. The molecule has 0 saturated carbocycles. The number of hydrogen-bond donors (Lipinski definition) is 2. The Labute approximate surface area is 170 Å².